The Bertz CT molecular complexity index is 429. The molecule has 0 radical (unpaired) electrons. The summed E-state index contributed by atoms with van der Waals surface area (Å²) in [5.41, 5.74) is 0. The van der Waals surface area contributed by atoms with Gasteiger partial charge in [0.25, 0.3) is 0 Å². The van der Waals surface area contributed by atoms with Crippen molar-refractivity contribution in [2.75, 3.05) is 13.6 Å². The molecule has 1 N–H and O–H groups in total. The van der Waals surface area contributed by atoms with E-state index in [9.17, 15) is 9.59 Å². The van der Waals surface area contributed by atoms with Crippen molar-refractivity contribution in [2.45, 2.75) is 96.8 Å². The molecule has 0 atom stereocenters. The maximum Gasteiger partial charge on any atom is 0.323 e. The average Bonchev–Trinajstić information content (AvgIpc) is 2.63. The van der Waals surface area contributed by atoms with E-state index >= 15 is 0 Å². The Hall–Kier alpha value is -1.58. The van der Waals surface area contributed by atoms with Crippen LogP contribution in [0.15, 0.2) is 24.3 Å². The molecule has 0 fully saturated rings. The summed E-state index contributed by atoms with van der Waals surface area (Å²) in [5, 5.41) is 8.62. The number of carbonyl (C=O) groups is 2. The molecule has 0 aliphatic rings. The second-order valence-electron chi connectivity index (χ2n) is 7.41. The molecule has 0 aromatic heterocycles. The molecule has 0 aromatic carbocycles. The zero-order chi connectivity index (χ0) is 20.2. The molecule has 0 bridgehead atoms. The third-order valence-corrected chi connectivity index (χ3v) is 4.71. The van der Waals surface area contributed by atoms with Crippen LogP contribution in [0.1, 0.15) is 96.8 Å². The Kier molecular flexibility index (Phi) is 18.1. The number of hydrogen-bond donors (Lipinski definition) is 1. The van der Waals surface area contributed by atoms with Gasteiger partial charge in [-0.3, -0.25) is 9.59 Å². The van der Waals surface area contributed by atoms with Crippen LogP contribution < -0.4 is 0 Å². The molecular weight excluding hydrogens is 338 g/mol. The molecule has 4 heteroatoms. The quantitative estimate of drug-likeness (QED) is 0.177. The highest BCUT2D eigenvalue weighted by atomic mass is 16.4. The highest BCUT2D eigenvalue weighted by molar-refractivity contribution is 5.89. The van der Waals surface area contributed by atoms with Gasteiger partial charge in [0.1, 0.15) is 6.54 Å². The lowest BCUT2D eigenvalue weighted by molar-refractivity contribution is -0.141. The lowest BCUT2D eigenvalue weighted by Crippen LogP contribution is -2.30. The van der Waals surface area contributed by atoms with Gasteiger partial charge < -0.3 is 10.0 Å². The van der Waals surface area contributed by atoms with Gasteiger partial charge in [-0.05, 0) is 12.8 Å². The molecule has 0 rings (SSSR count). The van der Waals surface area contributed by atoms with Crippen molar-refractivity contribution in [3.63, 3.8) is 0 Å². The second kappa shape index (κ2) is 19.2. The number of rotatable bonds is 18. The van der Waals surface area contributed by atoms with E-state index in [0.29, 0.717) is 0 Å². The normalized spacial score (nSPS) is 11.5. The number of carboxylic acids is 1. The molecule has 156 valence electrons. The number of likely N-dealkylation sites (N-methyl/N-ethyl adjacent to an activating group) is 1. The molecule has 0 heterocycles. The molecule has 0 aromatic rings. The predicted molar refractivity (Wildman–Crippen MR) is 114 cm³/mol. The van der Waals surface area contributed by atoms with E-state index in [1.807, 2.05) is 6.08 Å². The van der Waals surface area contributed by atoms with Crippen LogP contribution >= 0.6 is 0 Å². The third kappa shape index (κ3) is 19.0. The minimum atomic E-state index is -1.00. The maximum atomic E-state index is 11.6. The highest BCUT2D eigenvalue weighted by Gasteiger charge is 2.07. The first-order valence-corrected chi connectivity index (χ1v) is 10.9. The molecule has 0 saturated carbocycles. The molecule has 0 spiro atoms. The fraction of sp³-hybridized carbons (Fsp3) is 0.739. The van der Waals surface area contributed by atoms with Gasteiger partial charge in [-0.25, -0.2) is 0 Å². The van der Waals surface area contributed by atoms with Gasteiger partial charge in [0.15, 0.2) is 0 Å². The van der Waals surface area contributed by atoms with Crippen molar-refractivity contribution < 1.29 is 14.7 Å². The van der Waals surface area contributed by atoms with Gasteiger partial charge in [0, 0.05) is 13.1 Å². The molecule has 0 unspecified atom stereocenters. The van der Waals surface area contributed by atoms with Crippen LogP contribution in [0.3, 0.4) is 0 Å². The topological polar surface area (TPSA) is 57.6 Å². The molecule has 0 aliphatic heterocycles. The van der Waals surface area contributed by atoms with Gasteiger partial charge in [-0.15, -0.1) is 0 Å². The van der Waals surface area contributed by atoms with Gasteiger partial charge in [0.2, 0.25) is 5.91 Å². The van der Waals surface area contributed by atoms with Crippen LogP contribution in [0.5, 0.6) is 0 Å². The number of unbranched alkanes of at least 4 members (excludes halogenated alkanes) is 13. The summed E-state index contributed by atoms with van der Waals surface area (Å²) in [4.78, 5) is 23.3. The van der Waals surface area contributed by atoms with E-state index in [-0.39, 0.29) is 12.5 Å². The summed E-state index contributed by atoms with van der Waals surface area (Å²) in [6.07, 6.45) is 25.7. The second-order valence-corrected chi connectivity index (χ2v) is 7.41. The zero-order valence-corrected chi connectivity index (χ0v) is 17.6. The number of carboxylic acid groups (broad SMARTS) is 1. The van der Waals surface area contributed by atoms with Crippen molar-refractivity contribution in [1.82, 2.24) is 4.90 Å². The number of amides is 1. The largest absolute Gasteiger partial charge is 0.480 e. The minimum absolute atomic E-state index is 0.272. The van der Waals surface area contributed by atoms with Gasteiger partial charge >= 0.3 is 5.97 Å². The van der Waals surface area contributed by atoms with Crippen molar-refractivity contribution in [2.24, 2.45) is 0 Å². The van der Waals surface area contributed by atoms with Gasteiger partial charge in [-0.1, -0.05) is 102 Å². The van der Waals surface area contributed by atoms with Crippen molar-refractivity contribution in [1.29, 1.82) is 0 Å². The number of aliphatic carboxylic acids is 1. The smallest absolute Gasteiger partial charge is 0.323 e. The van der Waals surface area contributed by atoms with Crippen LogP contribution in [0.25, 0.3) is 0 Å². The molecule has 0 saturated heterocycles. The van der Waals surface area contributed by atoms with Crippen molar-refractivity contribution in [3.05, 3.63) is 24.3 Å². The van der Waals surface area contributed by atoms with Crippen molar-refractivity contribution in [3.8, 4) is 0 Å². The minimum Gasteiger partial charge on any atom is -0.480 e. The van der Waals surface area contributed by atoms with Crippen LogP contribution in [0.4, 0.5) is 0 Å². The first-order valence-electron chi connectivity index (χ1n) is 10.9. The summed E-state index contributed by atoms with van der Waals surface area (Å²) in [5.74, 6) is -1.29. The monoisotopic (exact) mass is 379 g/mol. The van der Waals surface area contributed by atoms with E-state index < -0.39 is 5.97 Å². The Morgan fingerprint density at radius 2 is 1.26 bits per heavy atom. The van der Waals surface area contributed by atoms with E-state index in [1.54, 1.807) is 6.08 Å². The van der Waals surface area contributed by atoms with E-state index in [0.717, 1.165) is 6.42 Å². The van der Waals surface area contributed by atoms with E-state index in [1.165, 1.54) is 101 Å². The zero-order valence-electron chi connectivity index (χ0n) is 17.6. The molecule has 0 aliphatic carbocycles. The van der Waals surface area contributed by atoms with Crippen LogP contribution in [-0.2, 0) is 9.59 Å². The highest BCUT2D eigenvalue weighted by Crippen LogP contribution is 2.13. The average molecular weight is 380 g/mol. The van der Waals surface area contributed by atoms with Crippen LogP contribution in [-0.4, -0.2) is 35.5 Å². The standard InChI is InChI=1S/C23H41NO3/c1-3-4-5-6-7-8-9-10-11-12-13-14-15-16-17-18-19-20-22(25)24(2)21-23(26)27/h17-20H,3-16,21H2,1-2H3,(H,26,27). The Balaban J connectivity index is 3.39. The third-order valence-electron chi connectivity index (χ3n) is 4.71. The predicted octanol–water partition coefficient (Wildman–Crippen LogP) is 6.12. The molecule has 4 nitrogen and oxygen atoms in total. The van der Waals surface area contributed by atoms with Crippen LogP contribution in [0.2, 0.25) is 0 Å². The Labute approximate surface area is 166 Å². The summed E-state index contributed by atoms with van der Waals surface area (Å²) < 4.78 is 0. The van der Waals surface area contributed by atoms with Crippen molar-refractivity contribution >= 4 is 11.9 Å². The Morgan fingerprint density at radius 1 is 0.778 bits per heavy atom. The fourth-order valence-electron chi connectivity index (χ4n) is 3.00. The molecule has 1 amide bonds. The van der Waals surface area contributed by atoms with Crippen LogP contribution in [0, 0.1) is 0 Å². The summed E-state index contributed by atoms with van der Waals surface area (Å²) in [6.45, 7) is 1.99. The number of nitrogens with zero attached hydrogens (tertiary/aromatic N) is 1. The number of carbonyl (C=O) groups excluding carboxylic acids is 1. The first kappa shape index (κ1) is 25.4. The molecular formula is C23H41NO3. The maximum absolute atomic E-state index is 11.6. The van der Waals surface area contributed by atoms with E-state index in [4.69, 9.17) is 5.11 Å². The number of allylic oxidation sites excluding steroid dienone is 3. The summed E-state index contributed by atoms with van der Waals surface area (Å²) >= 11 is 0. The lowest BCUT2D eigenvalue weighted by Gasteiger charge is -2.10. The van der Waals surface area contributed by atoms with Gasteiger partial charge in [0.05, 0.1) is 0 Å². The summed E-state index contributed by atoms with van der Waals surface area (Å²) in [6, 6.07) is 0. The fourth-order valence-corrected chi connectivity index (χ4v) is 3.00. The SMILES string of the molecule is CCCCCCCCCCCCCCCC=CC=CC(=O)N(C)CC(=O)O. The summed E-state index contributed by atoms with van der Waals surface area (Å²) in [7, 11) is 1.48. The van der Waals surface area contributed by atoms with E-state index in [2.05, 4.69) is 13.0 Å². The Morgan fingerprint density at radius 3 is 1.74 bits per heavy atom. The number of hydrogen-bond acceptors (Lipinski definition) is 2. The lowest BCUT2D eigenvalue weighted by atomic mass is 10.0. The first-order chi connectivity index (χ1) is 13.1. The van der Waals surface area contributed by atoms with Gasteiger partial charge in [-0.2, -0.15) is 0 Å². The molecule has 27 heavy (non-hydrogen) atoms.